The number of anilines is 1. The number of fused-ring (bicyclic) bond motifs is 1. The van der Waals surface area contributed by atoms with Gasteiger partial charge in [0.2, 0.25) is 0 Å². The summed E-state index contributed by atoms with van der Waals surface area (Å²) in [6, 6.07) is 0.431. The van der Waals surface area contributed by atoms with E-state index < -0.39 is 0 Å². The minimum Gasteiger partial charge on any atom is -0.359 e. The van der Waals surface area contributed by atoms with Gasteiger partial charge in [-0.2, -0.15) is 0 Å². The van der Waals surface area contributed by atoms with Crippen molar-refractivity contribution in [2.24, 2.45) is 11.7 Å². The van der Waals surface area contributed by atoms with Crippen molar-refractivity contribution in [3.8, 4) is 0 Å². The fourth-order valence-electron chi connectivity index (χ4n) is 3.42. The van der Waals surface area contributed by atoms with Gasteiger partial charge in [-0.25, -0.2) is 9.97 Å². The standard InChI is InChI=1S/C15H24N4/c1-19(9-11-7-12(16)8-11)15-13-5-3-2-4-6-14(13)17-10-18-15/h10-12H,2-9,16H2,1H3. The fourth-order valence-corrected chi connectivity index (χ4v) is 3.42. The van der Waals surface area contributed by atoms with Crippen LogP contribution in [0.25, 0.3) is 0 Å². The van der Waals surface area contributed by atoms with Gasteiger partial charge in [0.25, 0.3) is 0 Å². The minimum atomic E-state index is 0.431. The van der Waals surface area contributed by atoms with Crippen LogP contribution in [-0.4, -0.2) is 29.6 Å². The molecule has 1 saturated carbocycles. The van der Waals surface area contributed by atoms with E-state index in [0.29, 0.717) is 6.04 Å². The Balaban J connectivity index is 1.76. The Morgan fingerprint density at radius 2 is 2.00 bits per heavy atom. The number of nitrogens with two attached hydrogens (primary N) is 1. The highest BCUT2D eigenvalue weighted by Gasteiger charge is 2.28. The van der Waals surface area contributed by atoms with Crippen LogP contribution in [-0.2, 0) is 12.8 Å². The number of aryl methyl sites for hydroxylation is 1. The molecule has 1 aromatic heterocycles. The normalized spacial score (nSPS) is 26.2. The Bertz CT molecular complexity index is 440. The number of rotatable bonds is 3. The van der Waals surface area contributed by atoms with Crippen molar-refractivity contribution in [2.75, 3.05) is 18.5 Å². The Hall–Kier alpha value is -1.16. The average molecular weight is 260 g/mol. The molecular formula is C15H24N4. The first kappa shape index (κ1) is 12.9. The molecular weight excluding hydrogens is 236 g/mol. The average Bonchev–Trinajstić information content (AvgIpc) is 2.61. The Morgan fingerprint density at radius 3 is 2.79 bits per heavy atom. The van der Waals surface area contributed by atoms with Crippen molar-refractivity contribution in [2.45, 2.75) is 51.0 Å². The summed E-state index contributed by atoms with van der Waals surface area (Å²) in [6.45, 7) is 1.08. The molecule has 1 aromatic rings. The molecule has 19 heavy (non-hydrogen) atoms. The van der Waals surface area contributed by atoms with Gasteiger partial charge in [-0.15, -0.1) is 0 Å². The molecule has 0 spiro atoms. The molecule has 2 aliphatic carbocycles. The first-order chi connectivity index (χ1) is 9.24. The van der Waals surface area contributed by atoms with Crippen molar-refractivity contribution in [1.29, 1.82) is 0 Å². The van der Waals surface area contributed by atoms with E-state index in [2.05, 4.69) is 21.9 Å². The van der Waals surface area contributed by atoms with Crippen LogP contribution in [0.2, 0.25) is 0 Å². The van der Waals surface area contributed by atoms with E-state index >= 15 is 0 Å². The molecule has 0 bridgehead atoms. The van der Waals surface area contributed by atoms with E-state index in [1.165, 1.54) is 30.5 Å². The van der Waals surface area contributed by atoms with E-state index in [1.807, 2.05) is 0 Å². The lowest BCUT2D eigenvalue weighted by molar-refractivity contribution is 0.270. The summed E-state index contributed by atoms with van der Waals surface area (Å²) < 4.78 is 0. The van der Waals surface area contributed by atoms with Gasteiger partial charge in [0.1, 0.15) is 12.1 Å². The van der Waals surface area contributed by atoms with Crippen LogP contribution in [0.1, 0.15) is 43.4 Å². The van der Waals surface area contributed by atoms with Crippen LogP contribution in [0.15, 0.2) is 6.33 Å². The maximum Gasteiger partial charge on any atom is 0.135 e. The molecule has 1 heterocycles. The van der Waals surface area contributed by atoms with Gasteiger partial charge in [0, 0.05) is 30.9 Å². The summed E-state index contributed by atoms with van der Waals surface area (Å²) in [7, 11) is 2.16. The fraction of sp³-hybridized carbons (Fsp3) is 0.733. The van der Waals surface area contributed by atoms with Crippen molar-refractivity contribution < 1.29 is 0 Å². The van der Waals surface area contributed by atoms with E-state index in [0.717, 1.165) is 44.0 Å². The van der Waals surface area contributed by atoms with Crippen molar-refractivity contribution >= 4 is 5.82 Å². The molecule has 3 rings (SSSR count). The Morgan fingerprint density at radius 1 is 1.21 bits per heavy atom. The molecule has 0 radical (unpaired) electrons. The zero-order valence-electron chi connectivity index (χ0n) is 11.8. The second-order valence-corrected chi connectivity index (χ2v) is 6.16. The van der Waals surface area contributed by atoms with Crippen LogP contribution in [0, 0.1) is 5.92 Å². The maximum absolute atomic E-state index is 5.87. The second-order valence-electron chi connectivity index (χ2n) is 6.16. The molecule has 4 nitrogen and oxygen atoms in total. The number of hydrogen-bond acceptors (Lipinski definition) is 4. The van der Waals surface area contributed by atoms with Gasteiger partial charge in [0.15, 0.2) is 0 Å². The molecule has 4 heteroatoms. The van der Waals surface area contributed by atoms with Gasteiger partial charge in [-0.05, 0) is 44.4 Å². The molecule has 0 aliphatic heterocycles. The lowest BCUT2D eigenvalue weighted by Crippen LogP contribution is -2.42. The molecule has 0 saturated heterocycles. The molecule has 0 unspecified atom stereocenters. The van der Waals surface area contributed by atoms with Crippen LogP contribution in [0.4, 0.5) is 5.82 Å². The largest absolute Gasteiger partial charge is 0.359 e. The van der Waals surface area contributed by atoms with E-state index in [4.69, 9.17) is 5.73 Å². The summed E-state index contributed by atoms with van der Waals surface area (Å²) >= 11 is 0. The summed E-state index contributed by atoms with van der Waals surface area (Å²) in [5.74, 6) is 1.91. The van der Waals surface area contributed by atoms with Crippen LogP contribution in [0.3, 0.4) is 0 Å². The third kappa shape index (κ3) is 2.73. The van der Waals surface area contributed by atoms with Crippen LogP contribution >= 0.6 is 0 Å². The quantitative estimate of drug-likeness (QED) is 0.844. The SMILES string of the molecule is CN(CC1CC(N)C1)c1ncnc2c1CCCCC2. The molecule has 0 aromatic carbocycles. The van der Waals surface area contributed by atoms with Crippen molar-refractivity contribution in [3.05, 3.63) is 17.6 Å². The van der Waals surface area contributed by atoms with Crippen molar-refractivity contribution in [3.63, 3.8) is 0 Å². The third-order valence-electron chi connectivity index (χ3n) is 4.52. The van der Waals surface area contributed by atoms with Crippen LogP contribution in [0.5, 0.6) is 0 Å². The monoisotopic (exact) mass is 260 g/mol. The molecule has 2 N–H and O–H groups in total. The summed E-state index contributed by atoms with van der Waals surface area (Å²) in [5.41, 5.74) is 8.54. The van der Waals surface area contributed by atoms with Gasteiger partial charge < -0.3 is 10.6 Å². The smallest absolute Gasteiger partial charge is 0.135 e. The van der Waals surface area contributed by atoms with Crippen molar-refractivity contribution in [1.82, 2.24) is 9.97 Å². The highest BCUT2D eigenvalue weighted by Crippen LogP contribution is 2.30. The highest BCUT2D eigenvalue weighted by atomic mass is 15.2. The Labute approximate surface area is 115 Å². The molecule has 104 valence electrons. The zero-order chi connectivity index (χ0) is 13.2. The minimum absolute atomic E-state index is 0.431. The first-order valence-electron chi connectivity index (χ1n) is 7.53. The predicted molar refractivity (Wildman–Crippen MR) is 77.3 cm³/mol. The molecule has 0 atom stereocenters. The highest BCUT2D eigenvalue weighted by molar-refractivity contribution is 5.48. The number of aromatic nitrogens is 2. The van der Waals surface area contributed by atoms with Gasteiger partial charge >= 0.3 is 0 Å². The number of nitrogens with zero attached hydrogens (tertiary/aromatic N) is 3. The molecule has 2 aliphatic rings. The predicted octanol–water partition coefficient (Wildman–Crippen LogP) is 1.92. The third-order valence-corrected chi connectivity index (χ3v) is 4.52. The lowest BCUT2D eigenvalue weighted by Gasteiger charge is -2.36. The van der Waals surface area contributed by atoms with Gasteiger partial charge in [-0.1, -0.05) is 6.42 Å². The summed E-state index contributed by atoms with van der Waals surface area (Å²) in [4.78, 5) is 11.4. The summed E-state index contributed by atoms with van der Waals surface area (Å²) in [5, 5.41) is 0. The van der Waals surface area contributed by atoms with E-state index in [9.17, 15) is 0 Å². The maximum atomic E-state index is 5.87. The molecule has 1 fully saturated rings. The topological polar surface area (TPSA) is 55.0 Å². The molecule has 0 amide bonds. The number of hydrogen-bond donors (Lipinski definition) is 1. The second kappa shape index (κ2) is 5.45. The van der Waals surface area contributed by atoms with E-state index in [-0.39, 0.29) is 0 Å². The van der Waals surface area contributed by atoms with Gasteiger partial charge in [0.05, 0.1) is 0 Å². The van der Waals surface area contributed by atoms with Gasteiger partial charge in [-0.3, -0.25) is 0 Å². The zero-order valence-corrected chi connectivity index (χ0v) is 11.8. The Kier molecular flexibility index (Phi) is 3.69. The van der Waals surface area contributed by atoms with Crippen LogP contribution < -0.4 is 10.6 Å². The lowest BCUT2D eigenvalue weighted by atomic mass is 9.80. The first-order valence-corrected chi connectivity index (χ1v) is 7.53. The summed E-state index contributed by atoms with van der Waals surface area (Å²) in [6.07, 6.45) is 10.2. The van der Waals surface area contributed by atoms with E-state index in [1.54, 1.807) is 6.33 Å².